The predicted molar refractivity (Wildman–Crippen MR) is 121 cm³/mol. The molecular weight excluding hydrogens is 420 g/mol. The molecule has 33 heavy (non-hydrogen) atoms. The third-order valence-corrected chi connectivity index (χ3v) is 6.06. The van der Waals surface area contributed by atoms with E-state index in [9.17, 15) is 4.79 Å². The number of benzene rings is 1. The topological polar surface area (TPSA) is 120 Å². The Hall–Kier alpha value is -4.21. The number of hydrogen-bond donors (Lipinski definition) is 1. The van der Waals surface area contributed by atoms with Crippen LogP contribution in [-0.2, 0) is 4.79 Å². The molecule has 0 radical (unpaired) electrons. The van der Waals surface area contributed by atoms with Gasteiger partial charge in [-0.2, -0.15) is 14.6 Å². The zero-order chi connectivity index (χ0) is 22.4. The van der Waals surface area contributed by atoms with E-state index in [1.165, 1.54) is 4.52 Å². The monoisotopic (exact) mass is 442 g/mol. The Morgan fingerprint density at radius 3 is 2.58 bits per heavy atom. The number of fused-ring (bicyclic) bond motifs is 3. The van der Waals surface area contributed by atoms with E-state index in [4.69, 9.17) is 10.2 Å². The van der Waals surface area contributed by atoms with Gasteiger partial charge in [-0.15, -0.1) is 5.10 Å². The van der Waals surface area contributed by atoms with E-state index in [-0.39, 0.29) is 11.9 Å². The van der Waals surface area contributed by atoms with Gasteiger partial charge in [0.2, 0.25) is 11.8 Å². The molecule has 2 N–H and O–H groups in total. The molecule has 1 saturated heterocycles. The smallest absolute Gasteiger partial charge is 0.252 e. The number of carbonyl (C=O) groups excluding carboxylic acids is 1. The molecule has 1 amide bonds. The van der Waals surface area contributed by atoms with E-state index >= 15 is 0 Å². The van der Waals surface area contributed by atoms with Gasteiger partial charge in [0.05, 0.1) is 17.8 Å². The average Bonchev–Trinajstić information content (AvgIpc) is 3.61. The molecule has 10 heteroatoms. The van der Waals surface area contributed by atoms with Crippen LogP contribution in [0.25, 0.3) is 28.3 Å². The molecule has 166 valence electrons. The highest BCUT2D eigenvalue weighted by molar-refractivity contribution is 5.92. The van der Waals surface area contributed by atoms with Crippen molar-refractivity contribution >= 4 is 28.5 Å². The average molecular weight is 442 g/mol. The molecule has 4 aromatic heterocycles. The summed E-state index contributed by atoms with van der Waals surface area (Å²) < 4.78 is 8.55. The highest BCUT2D eigenvalue weighted by atomic mass is 16.3. The van der Waals surface area contributed by atoms with Gasteiger partial charge in [-0.3, -0.25) is 4.79 Å². The van der Waals surface area contributed by atoms with Gasteiger partial charge in [-0.25, -0.2) is 9.67 Å². The maximum Gasteiger partial charge on any atom is 0.252 e. The SMILES string of the molecule is Nc1nc2c(cnn2C(C(=O)N2CCCCC2)c2ccccc2)c2nc(-c3ccco3)nn12. The zero-order valence-corrected chi connectivity index (χ0v) is 17.8. The number of aromatic nitrogens is 6. The van der Waals surface area contributed by atoms with Crippen LogP contribution in [0.4, 0.5) is 5.95 Å². The van der Waals surface area contributed by atoms with Crippen LogP contribution in [0.15, 0.2) is 59.3 Å². The molecule has 1 aliphatic heterocycles. The van der Waals surface area contributed by atoms with Gasteiger partial charge >= 0.3 is 0 Å². The minimum Gasteiger partial charge on any atom is -0.461 e. The molecule has 1 atom stereocenters. The number of likely N-dealkylation sites (tertiary alicyclic amines) is 1. The standard InChI is InChI=1S/C23H22N8O2/c24-23-27-21-16(20-26-19(28-31(20)23)17-10-7-13-33-17)14-25-30(21)18(15-8-3-1-4-9-15)22(32)29-11-5-2-6-12-29/h1,3-4,7-10,13-14,18H,2,5-6,11-12H2,(H2,24,27). The summed E-state index contributed by atoms with van der Waals surface area (Å²) in [6.45, 7) is 1.50. The summed E-state index contributed by atoms with van der Waals surface area (Å²) in [5.74, 6) is 1.09. The minimum absolute atomic E-state index is 0.00360. The Bertz CT molecular complexity index is 1430. The van der Waals surface area contributed by atoms with Crippen LogP contribution in [0.2, 0.25) is 0 Å². The first kappa shape index (κ1) is 19.5. The van der Waals surface area contributed by atoms with Crippen molar-refractivity contribution in [3.8, 4) is 11.6 Å². The number of nitrogen functional groups attached to an aromatic ring is 1. The van der Waals surface area contributed by atoms with Crippen LogP contribution in [0.5, 0.6) is 0 Å². The number of piperidine rings is 1. The van der Waals surface area contributed by atoms with Crippen LogP contribution in [-0.4, -0.2) is 53.3 Å². The van der Waals surface area contributed by atoms with Gasteiger partial charge in [0, 0.05) is 13.1 Å². The van der Waals surface area contributed by atoms with E-state index in [0.717, 1.165) is 37.9 Å². The van der Waals surface area contributed by atoms with Gasteiger partial charge in [0.1, 0.15) is 0 Å². The summed E-state index contributed by atoms with van der Waals surface area (Å²) in [5.41, 5.74) is 8.09. The first-order chi connectivity index (χ1) is 16.2. The lowest BCUT2D eigenvalue weighted by Crippen LogP contribution is -2.41. The van der Waals surface area contributed by atoms with Gasteiger partial charge < -0.3 is 15.1 Å². The quantitative estimate of drug-likeness (QED) is 0.454. The molecule has 5 aromatic rings. The molecule has 0 saturated carbocycles. The number of nitrogens with two attached hydrogens (primary N) is 1. The molecule has 5 heterocycles. The van der Waals surface area contributed by atoms with E-state index in [1.54, 1.807) is 29.3 Å². The predicted octanol–water partition coefficient (Wildman–Crippen LogP) is 2.92. The fourth-order valence-corrected chi connectivity index (χ4v) is 4.44. The van der Waals surface area contributed by atoms with E-state index in [0.29, 0.717) is 28.3 Å². The van der Waals surface area contributed by atoms with Gasteiger partial charge in [0.25, 0.3) is 5.91 Å². The van der Waals surface area contributed by atoms with Crippen molar-refractivity contribution in [2.24, 2.45) is 0 Å². The second-order valence-electron chi connectivity index (χ2n) is 8.14. The van der Waals surface area contributed by atoms with Crippen molar-refractivity contribution in [1.29, 1.82) is 0 Å². The van der Waals surface area contributed by atoms with Crippen molar-refractivity contribution in [2.45, 2.75) is 25.3 Å². The third-order valence-electron chi connectivity index (χ3n) is 6.06. The van der Waals surface area contributed by atoms with Gasteiger partial charge in [-0.05, 0) is 37.0 Å². The zero-order valence-electron chi connectivity index (χ0n) is 17.8. The van der Waals surface area contributed by atoms with Gasteiger partial charge in [-0.1, -0.05) is 30.3 Å². The highest BCUT2D eigenvalue weighted by Gasteiger charge is 2.31. The number of rotatable bonds is 4. The second-order valence-corrected chi connectivity index (χ2v) is 8.14. The summed E-state index contributed by atoms with van der Waals surface area (Å²) in [6, 6.07) is 12.6. The van der Waals surface area contributed by atoms with Crippen LogP contribution >= 0.6 is 0 Å². The van der Waals surface area contributed by atoms with Crippen LogP contribution < -0.4 is 5.73 Å². The summed E-state index contributed by atoms with van der Waals surface area (Å²) in [5, 5.41) is 9.69. The number of carbonyl (C=O) groups is 1. The van der Waals surface area contributed by atoms with Crippen molar-refractivity contribution in [1.82, 2.24) is 34.3 Å². The summed E-state index contributed by atoms with van der Waals surface area (Å²) in [7, 11) is 0. The van der Waals surface area contributed by atoms with Crippen LogP contribution in [0.1, 0.15) is 30.9 Å². The van der Waals surface area contributed by atoms with Crippen molar-refractivity contribution in [2.75, 3.05) is 18.8 Å². The first-order valence-electron chi connectivity index (χ1n) is 11.0. The maximum absolute atomic E-state index is 13.7. The molecular formula is C23H22N8O2. The normalized spacial score (nSPS) is 15.3. The van der Waals surface area contributed by atoms with Crippen molar-refractivity contribution < 1.29 is 9.21 Å². The number of nitrogens with zero attached hydrogens (tertiary/aromatic N) is 7. The largest absolute Gasteiger partial charge is 0.461 e. The molecule has 1 fully saturated rings. The van der Waals surface area contributed by atoms with E-state index in [1.807, 2.05) is 35.2 Å². The maximum atomic E-state index is 13.7. The Morgan fingerprint density at radius 2 is 1.82 bits per heavy atom. The molecule has 0 spiro atoms. The first-order valence-corrected chi connectivity index (χ1v) is 11.0. The lowest BCUT2D eigenvalue weighted by molar-refractivity contribution is -0.134. The fourth-order valence-electron chi connectivity index (χ4n) is 4.44. The molecule has 1 unspecified atom stereocenters. The van der Waals surface area contributed by atoms with Crippen LogP contribution in [0, 0.1) is 0 Å². The minimum atomic E-state index is -0.649. The Labute approximate surface area is 188 Å². The number of furan rings is 1. The molecule has 0 aliphatic carbocycles. The molecule has 0 bridgehead atoms. The van der Waals surface area contributed by atoms with Crippen molar-refractivity contribution in [3.63, 3.8) is 0 Å². The molecule has 1 aliphatic rings. The molecule has 6 rings (SSSR count). The number of hydrogen-bond acceptors (Lipinski definition) is 7. The lowest BCUT2D eigenvalue weighted by atomic mass is 10.0. The summed E-state index contributed by atoms with van der Waals surface area (Å²) in [4.78, 5) is 24.8. The Morgan fingerprint density at radius 1 is 1.00 bits per heavy atom. The second kappa shape index (κ2) is 7.73. The summed E-state index contributed by atoms with van der Waals surface area (Å²) in [6.07, 6.45) is 6.39. The molecule has 10 nitrogen and oxygen atoms in total. The van der Waals surface area contributed by atoms with Crippen LogP contribution in [0.3, 0.4) is 0 Å². The number of amides is 1. The van der Waals surface area contributed by atoms with E-state index < -0.39 is 6.04 Å². The fraction of sp³-hybridized carbons (Fsp3) is 0.261. The third kappa shape index (κ3) is 3.22. The Kier molecular flexibility index (Phi) is 4.56. The molecule has 1 aromatic carbocycles. The lowest BCUT2D eigenvalue weighted by Gasteiger charge is -2.30. The highest BCUT2D eigenvalue weighted by Crippen LogP contribution is 2.29. The van der Waals surface area contributed by atoms with Gasteiger partial charge in [0.15, 0.2) is 23.1 Å². The number of anilines is 1. The summed E-state index contributed by atoms with van der Waals surface area (Å²) >= 11 is 0. The van der Waals surface area contributed by atoms with Crippen molar-refractivity contribution in [3.05, 3.63) is 60.5 Å². The van der Waals surface area contributed by atoms with E-state index in [2.05, 4.69) is 20.2 Å². The Balaban J connectivity index is 1.52.